The van der Waals surface area contributed by atoms with Gasteiger partial charge in [0.05, 0.1) is 24.4 Å². The van der Waals surface area contributed by atoms with E-state index in [-0.39, 0.29) is 18.2 Å². The molecule has 0 spiro atoms. The van der Waals surface area contributed by atoms with E-state index in [0.717, 1.165) is 12.8 Å². The van der Waals surface area contributed by atoms with Crippen molar-refractivity contribution in [3.8, 4) is 0 Å². The van der Waals surface area contributed by atoms with Crippen LogP contribution in [0.15, 0.2) is 0 Å². The zero-order chi connectivity index (χ0) is 12.0. The highest BCUT2D eigenvalue weighted by Crippen LogP contribution is 2.54. The van der Waals surface area contributed by atoms with E-state index in [4.69, 9.17) is 9.47 Å². The lowest BCUT2D eigenvalue weighted by atomic mass is 9.64. The Morgan fingerprint density at radius 2 is 2.25 bits per heavy atom. The highest BCUT2D eigenvalue weighted by atomic mass is 16.5. The molecule has 3 unspecified atom stereocenters. The van der Waals surface area contributed by atoms with Gasteiger partial charge >= 0.3 is 5.97 Å². The van der Waals surface area contributed by atoms with E-state index in [2.05, 4.69) is 0 Å². The number of hydrogen-bond donors (Lipinski definition) is 1. The molecule has 2 heterocycles. The first-order valence-electron chi connectivity index (χ1n) is 5.97. The fourth-order valence-electron chi connectivity index (χ4n) is 3.08. The number of carbonyl (C=O) groups is 1. The summed E-state index contributed by atoms with van der Waals surface area (Å²) in [6, 6.07) is 0. The van der Waals surface area contributed by atoms with Gasteiger partial charge in [-0.1, -0.05) is 0 Å². The van der Waals surface area contributed by atoms with Crippen molar-refractivity contribution in [3.63, 3.8) is 0 Å². The number of ether oxygens (including phenoxy) is 2. The third-order valence-corrected chi connectivity index (χ3v) is 3.94. The van der Waals surface area contributed by atoms with Crippen molar-refractivity contribution in [2.45, 2.75) is 57.8 Å². The van der Waals surface area contributed by atoms with Crippen LogP contribution >= 0.6 is 0 Å². The van der Waals surface area contributed by atoms with E-state index in [1.54, 1.807) is 20.8 Å². The predicted octanol–water partition coefficient (Wildman–Crippen LogP) is 1.26. The molecule has 1 N–H and O–H groups in total. The van der Waals surface area contributed by atoms with Gasteiger partial charge in [-0.3, -0.25) is 4.79 Å². The van der Waals surface area contributed by atoms with Crippen LogP contribution in [0.3, 0.4) is 0 Å². The van der Waals surface area contributed by atoms with Crippen molar-refractivity contribution in [1.82, 2.24) is 0 Å². The van der Waals surface area contributed by atoms with Crippen LogP contribution in [0.1, 0.15) is 40.0 Å². The maximum absolute atomic E-state index is 12.1. The molecule has 4 nitrogen and oxygen atoms in total. The minimum Gasteiger partial charge on any atom is -0.465 e. The Morgan fingerprint density at radius 3 is 2.62 bits per heavy atom. The molecule has 2 saturated heterocycles. The van der Waals surface area contributed by atoms with Gasteiger partial charge in [0, 0.05) is 0 Å². The fourth-order valence-corrected chi connectivity index (χ4v) is 3.08. The van der Waals surface area contributed by atoms with Crippen molar-refractivity contribution in [1.29, 1.82) is 0 Å². The van der Waals surface area contributed by atoms with Gasteiger partial charge in [-0.2, -0.15) is 0 Å². The van der Waals surface area contributed by atoms with Gasteiger partial charge in [0.2, 0.25) is 0 Å². The van der Waals surface area contributed by atoms with Gasteiger partial charge in [0.1, 0.15) is 5.41 Å². The summed E-state index contributed by atoms with van der Waals surface area (Å²) in [6.45, 7) is 5.47. The molecule has 0 aromatic heterocycles. The van der Waals surface area contributed by atoms with Gasteiger partial charge in [0.15, 0.2) is 0 Å². The average molecular weight is 228 g/mol. The smallest absolute Gasteiger partial charge is 0.317 e. The number of fused-ring (bicyclic) bond motifs is 2. The van der Waals surface area contributed by atoms with Crippen molar-refractivity contribution < 1.29 is 19.4 Å². The summed E-state index contributed by atoms with van der Waals surface area (Å²) < 4.78 is 10.9. The van der Waals surface area contributed by atoms with E-state index >= 15 is 0 Å². The minimum atomic E-state index is -1.10. The molecule has 2 aliphatic heterocycles. The van der Waals surface area contributed by atoms with E-state index in [9.17, 15) is 9.90 Å². The first-order valence-corrected chi connectivity index (χ1v) is 5.97. The van der Waals surface area contributed by atoms with Gasteiger partial charge in [-0.15, -0.1) is 0 Å². The predicted molar refractivity (Wildman–Crippen MR) is 57.9 cm³/mol. The summed E-state index contributed by atoms with van der Waals surface area (Å²) in [7, 11) is 0. The lowest BCUT2D eigenvalue weighted by Crippen LogP contribution is -2.56. The molecule has 4 heteroatoms. The van der Waals surface area contributed by atoms with E-state index in [1.807, 2.05) is 0 Å². The third-order valence-electron chi connectivity index (χ3n) is 3.94. The molecule has 2 bridgehead atoms. The van der Waals surface area contributed by atoms with Gasteiger partial charge in [-0.05, 0) is 40.0 Å². The molecule has 0 amide bonds. The van der Waals surface area contributed by atoms with E-state index < -0.39 is 11.0 Å². The van der Waals surface area contributed by atoms with Crippen LogP contribution < -0.4 is 0 Å². The Morgan fingerprint density at radius 1 is 1.56 bits per heavy atom. The molecule has 3 atom stereocenters. The van der Waals surface area contributed by atoms with Crippen LogP contribution in [-0.2, 0) is 14.3 Å². The van der Waals surface area contributed by atoms with Crippen LogP contribution in [0.4, 0.5) is 0 Å². The second kappa shape index (κ2) is 3.70. The molecule has 0 aromatic carbocycles. The maximum atomic E-state index is 12.1. The van der Waals surface area contributed by atoms with Crippen LogP contribution in [0.5, 0.6) is 0 Å². The molecule has 0 radical (unpaired) electrons. The monoisotopic (exact) mass is 228 g/mol. The normalized spacial score (nSPS) is 37.8. The molecule has 0 saturated carbocycles. The summed E-state index contributed by atoms with van der Waals surface area (Å²) in [4.78, 5) is 12.1. The molecular weight excluding hydrogens is 208 g/mol. The Hall–Kier alpha value is -0.610. The van der Waals surface area contributed by atoms with Crippen LogP contribution in [0.2, 0.25) is 0 Å². The molecule has 0 aliphatic carbocycles. The van der Waals surface area contributed by atoms with Crippen LogP contribution in [-0.4, -0.2) is 35.5 Å². The maximum Gasteiger partial charge on any atom is 0.317 e. The zero-order valence-electron chi connectivity index (χ0n) is 10.2. The summed E-state index contributed by atoms with van der Waals surface area (Å²) in [5.74, 6) is -0.310. The van der Waals surface area contributed by atoms with Crippen LogP contribution in [0.25, 0.3) is 0 Å². The molecule has 16 heavy (non-hydrogen) atoms. The quantitative estimate of drug-likeness (QED) is 0.739. The van der Waals surface area contributed by atoms with Gasteiger partial charge in [-0.25, -0.2) is 0 Å². The standard InChI is InChI=1S/C12H20O4/c1-4-15-10(13)12(11(2,3)14)7-8-5-6-9(12)16-8/h8-9,14H,4-7H2,1-3H3. The summed E-state index contributed by atoms with van der Waals surface area (Å²) in [5, 5.41) is 10.3. The van der Waals surface area contributed by atoms with Gasteiger partial charge in [0.25, 0.3) is 0 Å². The summed E-state index contributed by atoms with van der Waals surface area (Å²) >= 11 is 0. The third kappa shape index (κ3) is 1.47. The lowest BCUT2D eigenvalue weighted by molar-refractivity contribution is -0.179. The Bertz CT molecular complexity index is 294. The van der Waals surface area contributed by atoms with Gasteiger partial charge < -0.3 is 14.6 Å². The number of esters is 1. The second-order valence-corrected chi connectivity index (χ2v) is 5.28. The average Bonchev–Trinajstić information content (AvgIpc) is 2.75. The highest BCUT2D eigenvalue weighted by molar-refractivity contribution is 5.80. The number of carbonyl (C=O) groups excluding carboxylic acids is 1. The van der Waals surface area contributed by atoms with Crippen molar-refractivity contribution >= 4 is 5.97 Å². The minimum absolute atomic E-state index is 0.112. The number of hydrogen-bond acceptors (Lipinski definition) is 4. The molecule has 92 valence electrons. The first kappa shape index (κ1) is 11.9. The Balaban J connectivity index is 2.31. The number of rotatable bonds is 3. The van der Waals surface area contributed by atoms with Crippen molar-refractivity contribution in [2.75, 3.05) is 6.61 Å². The first-order chi connectivity index (χ1) is 7.41. The summed E-state index contributed by atoms with van der Waals surface area (Å²) in [6.07, 6.45) is 2.34. The lowest BCUT2D eigenvalue weighted by Gasteiger charge is -2.42. The Labute approximate surface area is 95.9 Å². The molecule has 2 fully saturated rings. The summed E-state index contributed by atoms with van der Waals surface area (Å²) in [5.41, 5.74) is -1.97. The fraction of sp³-hybridized carbons (Fsp3) is 0.917. The Kier molecular flexibility index (Phi) is 2.75. The largest absolute Gasteiger partial charge is 0.465 e. The highest BCUT2D eigenvalue weighted by Gasteiger charge is 2.64. The van der Waals surface area contributed by atoms with E-state index in [0.29, 0.717) is 13.0 Å². The van der Waals surface area contributed by atoms with Crippen LogP contribution in [0, 0.1) is 5.41 Å². The SMILES string of the molecule is CCOC(=O)C1(C(C)(C)O)CC2CCC1O2. The van der Waals surface area contributed by atoms with Crippen molar-refractivity contribution in [3.05, 3.63) is 0 Å². The topological polar surface area (TPSA) is 55.8 Å². The zero-order valence-corrected chi connectivity index (χ0v) is 10.2. The van der Waals surface area contributed by atoms with E-state index in [1.165, 1.54) is 0 Å². The number of aliphatic hydroxyl groups is 1. The molecule has 0 aromatic rings. The van der Waals surface area contributed by atoms with Crippen molar-refractivity contribution in [2.24, 2.45) is 5.41 Å². The molecular formula is C12H20O4. The molecule has 2 rings (SSSR count). The molecule has 2 aliphatic rings. The second-order valence-electron chi connectivity index (χ2n) is 5.28.